The number of hydrogen-bond acceptors (Lipinski definition) is 2. The van der Waals surface area contributed by atoms with Gasteiger partial charge in [0, 0.05) is 11.6 Å². The van der Waals surface area contributed by atoms with Crippen molar-refractivity contribution in [3.05, 3.63) is 34.9 Å². The van der Waals surface area contributed by atoms with Crippen LogP contribution in [0, 0.1) is 19.8 Å². The van der Waals surface area contributed by atoms with Crippen LogP contribution < -0.4 is 5.32 Å². The second-order valence-corrected chi connectivity index (χ2v) is 6.26. The molecule has 1 aromatic rings. The van der Waals surface area contributed by atoms with E-state index < -0.39 is 11.9 Å². The molecule has 2 rings (SSSR count). The number of benzene rings is 1. The van der Waals surface area contributed by atoms with E-state index in [0.717, 1.165) is 43.2 Å². The average molecular weight is 303 g/mol. The van der Waals surface area contributed by atoms with E-state index in [1.54, 1.807) is 6.07 Å². The van der Waals surface area contributed by atoms with Crippen LogP contribution in [0.4, 0.5) is 0 Å². The highest BCUT2D eigenvalue weighted by molar-refractivity contribution is 5.96. The van der Waals surface area contributed by atoms with Crippen LogP contribution in [0.25, 0.3) is 0 Å². The van der Waals surface area contributed by atoms with Gasteiger partial charge >= 0.3 is 5.97 Å². The van der Waals surface area contributed by atoms with Crippen molar-refractivity contribution >= 4 is 11.9 Å². The van der Waals surface area contributed by atoms with Crippen LogP contribution in [0.5, 0.6) is 0 Å². The lowest BCUT2D eigenvalue weighted by molar-refractivity contribution is -0.143. The Morgan fingerprint density at radius 3 is 2.45 bits per heavy atom. The van der Waals surface area contributed by atoms with E-state index in [1.165, 1.54) is 0 Å². The number of hydrogen-bond donors (Lipinski definition) is 2. The fraction of sp³-hybridized carbons (Fsp3) is 0.556. The van der Waals surface area contributed by atoms with Crippen molar-refractivity contribution in [3.63, 3.8) is 0 Å². The number of aryl methyl sites for hydroxylation is 1. The van der Waals surface area contributed by atoms with Gasteiger partial charge in [0.2, 0.25) is 0 Å². The third-order valence-corrected chi connectivity index (χ3v) is 4.75. The number of rotatable bonds is 3. The van der Waals surface area contributed by atoms with E-state index in [9.17, 15) is 14.7 Å². The summed E-state index contributed by atoms with van der Waals surface area (Å²) in [5, 5.41) is 12.4. The molecule has 120 valence electrons. The molecule has 2 unspecified atom stereocenters. The van der Waals surface area contributed by atoms with Crippen LogP contribution in [0.1, 0.15) is 60.0 Å². The standard InChI is InChI=1S/C18H25NO3/c1-12-8-7-10-14(13(12)2)17(20)19-16-11-6-4-3-5-9-15(16)18(21)22/h7-8,10,15-16H,3-6,9,11H2,1-2H3,(H,19,20)(H,21,22). The summed E-state index contributed by atoms with van der Waals surface area (Å²) in [6.07, 6.45) is 5.48. The van der Waals surface area contributed by atoms with E-state index in [0.29, 0.717) is 12.0 Å². The van der Waals surface area contributed by atoms with Gasteiger partial charge in [0.15, 0.2) is 0 Å². The van der Waals surface area contributed by atoms with Crippen molar-refractivity contribution in [1.29, 1.82) is 0 Å². The van der Waals surface area contributed by atoms with Gasteiger partial charge in [-0.3, -0.25) is 9.59 Å². The van der Waals surface area contributed by atoms with E-state index in [4.69, 9.17) is 0 Å². The summed E-state index contributed by atoms with van der Waals surface area (Å²) < 4.78 is 0. The maximum atomic E-state index is 12.5. The first-order valence-corrected chi connectivity index (χ1v) is 8.10. The quantitative estimate of drug-likeness (QED) is 0.898. The summed E-state index contributed by atoms with van der Waals surface area (Å²) in [6, 6.07) is 5.37. The summed E-state index contributed by atoms with van der Waals surface area (Å²) in [7, 11) is 0. The highest BCUT2D eigenvalue weighted by atomic mass is 16.4. The molecule has 1 amide bonds. The minimum atomic E-state index is -0.798. The monoisotopic (exact) mass is 303 g/mol. The van der Waals surface area contributed by atoms with Crippen molar-refractivity contribution < 1.29 is 14.7 Å². The average Bonchev–Trinajstić information content (AvgIpc) is 2.44. The lowest BCUT2D eigenvalue weighted by Gasteiger charge is -2.27. The molecule has 0 aromatic heterocycles. The smallest absolute Gasteiger partial charge is 0.308 e. The van der Waals surface area contributed by atoms with E-state index in [-0.39, 0.29) is 11.9 Å². The number of amides is 1. The molecule has 1 fully saturated rings. The maximum Gasteiger partial charge on any atom is 0.308 e. The summed E-state index contributed by atoms with van der Waals surface area (Å²) in [5.41, 5.74) is 2.67. The lowest BCUT2D eigenvalue weighted by Crippen LogP contribution is -2.44. The molecule has 22 heavy (non-hydrogen) atoms. The molecule has 1 aliphatic rings. The van der Waals surface area contributed by atoms with Gasteiger partial charge in [-0.05, 0) is 43.9 Å². The molecular weight excluding hydrogens is 278 g/mol. The molecule has 2 atom stereocenters. The molecule has 1 aliphatic carbocycles. The summed E-state index contributed by atoms with van der Waals surface area (Å²) in [6.45, 7) is 3.90. The Labute approximate surface area is 131 Å². The Morgan fingerprint density at radius 1 is 1.09 bits per heavy atom. The van der Waals surface area contributed by atoms with Crippen LogP contribution in [-0.4, -0.2) is 23.0 Å². The summed E-state index contributed by atoms with van der Waals surface area (Å²) in [4.78, 5) is 24.1. The zero-order valence-corrected chi connectivity index (χ0v) is 13.4. The molecule has 0 bridgehead atoms. The minimum absolute atomic E-state index is 0.155. The highest BCUT2D eigenvalue weighted by Gasteiger charge is 2.30. The number of aliphatic carboxylic acids is 1. The number of nitrogens with one attached hydrogen (secondary N) is 1. The predicted octanol–water partition coefficient (Wildman–Crippen LogP) is 3.46. The Morgan fingerprint density at radius 2 is 1.77 bits per heavy atom. The first kappa shape index (κ1) is 16.5. The van der Waals surface area contributed by atoms with Crippen LogP contribution in [0.15, 0.2) is 18.2 Å². The van der Waals surface area contributed by atoms with Crippen molar-refractivity contribution in [2.24, 2.45) is 5.92 Å². The van der Waals surface area contributed by atoms with E-state index in [2.05, 4.69) is 5.32 Å². The molecule has 0 saturated heterocycles. The van der Waals surface area contributed by atoms with Crippen molar-refractivity contribution in [3.8, 4) is 0 Å². The summed E-state index contributed by atoms with van der Waals surface area (Å²) >= 11 is 0. The predicted molar refractivity (Wildman–Crippen MR) is 86.0 cm³/mol. The van der Waals surface area contributed by atoms with Gasteiger partial charge < -0.3 is 10.4 Å². The SMILES string of the molecule is Cc1cccc(C(=O)NC2CCCCCCC2C(=O)O)c1C. The van der Waals surface area contributed by atoms with Crippen LogP contribution in [0.2, 0.25) is 0 Å². The van der Waals surface area contributed by atoms with E-state index in [1.807, 2.05) is 26.0 Å². The Kier molecular flexibility index (Phi) is 5.58. The largest absolute Gasteiger partial charge is 0.481 e. The van der Waals surface area contributed by atoms with Gasteiger partial charge in [-0.25, -0.2) is 0 Å². The minimum Gasteiger partial charge on any atom is -0.481 e. The van der Waals surface area contributed by atoms with Crippen molar-refractivity contribution in [1.82, 2.24) is 5.32 Å². The second-order valence-electron chi connectivity index (χ2n) is 6.26. The van der Waals surface area contributed by atoms with Gasteiger partial charge in [-0.1, -0.05) is 37.8 Å². The molecular formula is C18H25NO3. The fourth-order valence-corrected chi connectivity index (χ4v) is 3.20. The zero-order valence-electron chi connectivity index (χ0n) is 13.4. The zero-order chi connectivity index (χ0) is 16.1. The Hall–Kier alpha value is -1.84. The third-order valence-electron chi connectivity index (χ3n) is 4.75. The van der Waals surface area contributed by atoms with Gasteiger partial charge in [0.25, 0.3) is 5.91 Å². The van der Waals surface area contributed by atoms with Crippen molar-refractivity contribution in [2.75, 3.05) is 0 Å². The van der Waals surface area contributed by atoms with Crippen LogP contribution >= 0.6 is 0 Å². The molecule has 0 radical (unpaired) electrons. The number of carboxylic acids is 1. The molecule has 0 spiro atoms. The molecule has 2 N–H and O–H groups in total. The van der Waals surface area contributed by atoms with Gasteiger partial charge in [0.05, 0.1) is 5.92 Å². The molecule has 1 saturated carbocycles. The molecule has 0 heterocycles. The van der Waals surface area contributed by atoms with Crippen LogP contribution in [0.3, 0.4) is 0 Å². The highest BCUT2D eigenvalue weighted by Crippen LogP contribution is 2.24. The van der Waals surface area contributed by atoms with Crippen molar-refractivity contribution in [2.45, 2.75) is 58.4 Å². The molecule has 1 aromatic carbocycles. The number of carbonyl (C=O) groups excluding carboxylic acids is 1. The number of carbonyl (C=O) groups is 2. The third kappa shape index (κ3) is 3.87. The fourth-order valence-electron chi connectivity index (χ4n) is 3.20. The first-order chi connectivity index (χ1) is 10.5. The van der Waals surface area contributed by atoms with Crippen LogP contribution in [-0.2, 0) is 4.79 Å². The van der Waals surface area contributed by atoms with E-state index >= 15 is 0 Å². The molecule has 0 aliphatic heterocycles. The van der Waals surface area contributed by atoms with Gasteiger partial charge in [-0.2, -0.15) is 0 Å². The van der Waals surface area contributed by atoms with Gasteiger partial charge in [-0.15, -0.1) is 0 Å². The molecule has 4 nitrogen and oxygen atoms in total. The molecule has 4 heteroatoms. The number of carboxylic acid groups (broad SMARTS) is 1. The summed E-state index contributed by atoms with van der Waals surface area (Å²) in [5.74, 6) is -1.43. The normalized spacial score (nSPS) is 22.5. The van der Waals surface area contributed by atoms with Gasteiger partial charge in [0.1, 0.15) is 0 Å². The maximum absolute atomic E-state index is 12.5. The first-order valence-electron chi connectivity index (χ1n) is 8.10. The second kappa shape index (κ2) is 7.43. The Balaban J connectivity index is 2.16. The lowest BCUT2D eigenvalue weighted by atomic mass is 9.86. The Bertz CT molecular complexity index is 553. The topological polar surface area (TPSA) is 66.4 Å².